The average molecular weight is 171 g/mol. The molecule has 2 heteroatoms. The Kier molecular flexibility index (Phi) is 2.79. The van der Waals surface area contributed by atoms with E-state index >= 15 is 0 Å². The van der Waals surface area contributed by atoms with Crippen molar-refractivity contribution < 1.29 is 5.11 Å². The van der Waals surface area contributed by atoms with Crippen molar-refractivity contribution in [3.05, 3.63) is 0 Å². The molecule has 3 N–H and O–H groups in total. The number of hydrogen-bond donors (Lipinski definition) is 2. The summed E-state index contributed by atoms with van der Waals surface area (Å²) < 4.78 is 0. The molecule has 1 saturated carbocycles. The number of rotatable bonds is 1. The molecular formula is C10H21NO. The molecule has 0 spiro atoms. The van der Waals surface area contributed by atoms with Crippen molar-refractivity contribution >= 4 is 0 Å². The van der Waals surface area contributed by atoms with Crippen molar-refractivity contribution in [3.63, 3.8) is 0 Å². The predicted octanol–water partition coefficient (Wildman–Crippen LogP) is 1.52. The van der Waals surface area contributed by atoms with Gasteiger partial charge in [-0.15, -0.1) is 0 Å². The van der Waals surface area contributed by atoms with Crippen LogP contribution in [0.3, 0.4) is 0 Å². The number of hydrogen-bond acceptors (Lipinski definition) is 2. The molecule has 2 nitrogen and oxygen atoms in total. The van der Waals surface area contributed by atoms with Crippen molar-refractivity contribution in [3.8, 4) is 0 Å². The van der Waals surface area contributed by atoms with Gasteiger partial charge in [-0.2, -0.15) is 0 Å². The van der Waals surface area contributed by atoms with Crippen molar-refractivity contribution in [1.82, 2.24) is 0 Å². The summed E-state index contributed by atoms with van der Waals surface area (Å²) in [5.41, 5.74) is 5.27. The Balaban J connectivity index is 2.52. The molecule has 0 aromatic rings. The van der Waals surface area contributed by atoms with Crippen LogP contribution in [0.25, 0.3) is 0 Å². The largest absolute Gasteiger partial charge is 0.389 e. The summed E-state index contributed by atoms with van der Waals surface area (Å²) in [4.78, 5) is 0. The number of aliphatic hydroxyl groups is 1. The van der Waals surface area contributed by atoms with E-state index in [1.54, 1.807) is 0 Å². The van der Waals surface area contributed by atoms with Crippen LogP contribution in [0.5, 0.6) is 0 Å². The molecule has 0 saturated heterocycles. The zero-order chi connectivity index (χ0) is 9.35. The van der Waals surface area contributed by atoms with E-state index in [1.807, 2.05) is 6.92 Å². The Morgan fingerprint density at radius 3 is 2.50 bits per heavy atom. The van der Waals surface area contributed by atoms with Crippen LogP contribution in [-0.2, 0) is 0 Å². The van der Waals surface area contributed by atoms with Gasteiger partial charge in [-0.05, 0) is 38.0 Å². The van der Waals surface area contributed by atoms with Crippen molar-refractivity contribution in [1.29, 1.82) is 0 Å². The van der Waals surface area contributed by atoms with Gasteiger partial charge in [0.05, 0.1) is 5.60 Å². The third-order valence-electron chi connectivity index (χ3n) is 3.32. The Bertz CT molecular complexity index is 154. The lowest BCUT2D eigenvalue weighted by Crippen LogP contribution is -2.50. The Morgan fingerprint density at radius 1 is 1.50 bits per heavy atom. The van der Waals surface area contributed by atoms with Gasteiger partial charge in [0.15, 0.2) is 0 Å². The summed E-state index contributed by atoms with van der Waals surface area (Å²) in [6.45, 7) is 6.32. The quantitative estimate of drug-likeness (QED) is 0.628. The average Bonchev–Trinajstić information content (AvgIpc) is 1.94. The van der Waals surface area contributed by atoms with Gasteiger partial charge in [-0.25, -0.2) is 0 Å². The van der Waals surface area contributed by atoms with Crippen molar-refractivity contribution in [2.24, 2.45) is 17.6 Å². The number of nitrogens with two attached hydrogens (primary N) is 1. The summed E-state index contributed by atoms with van der Waals surface area (Å²) >= 11 is 0. The second-order valence-corrected chi connectivity index (χ2v) is 4.74. The van der Waals surface area contributed by atoms with E-state index in [1.165, 1.54) is 0 Å². The second kappa shape index (κ2) is 3.35. The maximum Gasteiger partial charge on any atom is 0.0770 e. The molecule has 0 aromatic carbocycles. The highest BCUT2D eigenvalue weighted by molar-refractivity contribution is 4.92. The van der Waals surface area contributed by atoms with Gasteiger partial charge >= 0.3 is 0 Å². The third kappa shape index (κ3) is 1.99. The molecule has 72 valence electrons. The normalized spacial score (nSPS) is 43.5. The molecule has 1 aliphatic carbocycles. The van der Waals surface area contributed by atoms with Gasteiger partial charge in [-0.1, -0.05) is 13.8 Å². The van der Waals surface area contributed by atoms with Crippen LogP contribution >= 0.6 is 0 Å². The highest BCUT2D eigenvalue weighted by Crippen LogP contribution is 2.34. The van der Waals surface area contributed by atoms with Gasteiger partial charge in [-0.3, -0.25) is 0 Å². The molecule has 1 aliphatic rings. The minimum atomic E-state index is -0.620. The lowest BCUT2D eigenvalue weighted by molar-refractivity contribution is -0.0172. The van der Waals surface area contributed by atoms with E-state index in [0.29, 0.717) is 11.8 Å². The molecule has 12 heavy (non-hydrogen) atoms. The Morgan fingerprint density at radius 2 is 2.08 bits per heavy atom. The van der Waals surface area contributed by atoms with Gasteiger partial charge in [0.25, 0.3) is 0 Å². The van der Waals surface area contributed by atoms with Crippen LogP contribution in [0.2, 0.25) is 0 Å². The maximum atomic E-state index is 9.82. The lowest BCUT2D eigenvalue weighted by Gasteiger charge is -2.40. The molecule has 0 bridgehead atoms. The summed E-state index contributed by atoms with van der Waals surface area (Å²) in [6.07, 6.45) is 2.96. The van der Waals surface area contributed by atoms with Crippen LogP contribution in [-0.4, -0.2) is 16.7 Å². The topological polar surface area (TPSA) is 46.2 Å². The van der Waals surface area contributed by atoms with E-state index in [2.05, 4.69) is 13.8 Å². The third-order valence-corrected chi connectivity index (χ3v) is 3.32. The van der Waals surface area contributed by atoms with E-state index in [4.69, 9.17) is 5.73 Å². The van der Waals surface area contributed by atoms with Crippen LogP contribution in [0.15, 0.2) is 0 Å². The fraction of sp³-hybridized carbons (Fsp3) is 1.00. The van der Waals surface area contributed by atoms with Crippen LogP contribution in [0, 0.1) is 11.8 Å². The van der Waals surface area contributed by atoms with Gasteiger partial charge in [0, 0.05) is 6.04 Å². The highest BCUT2D eigenvalue weighted by Gasteiger charge is 2.36. The predicted molar refractivity (Wildman–Crippen MR) is 50.8 cm³/mol. The van der Waals surface area contributed by atoms with Gasteiger partial charge in [0.2, 0.25) is 0 Å². The standard InChI is InChI=1S/C10H21NO/c1-7(2)8-4-5-10(3,12)9(11)6-8/h7-9,12H,4-6,11H2,1-3H3. The molecule has 0 radical (unpaired) electrons. The zero-order valence-electron chi connectivity index (χ0n) is 8.38. The first kappa shape index (κ1) is 10.0. The van der Waals surface area contributed by atoms with Crippen molar-refractivity contribution in [2.45, 2.75) is 51.7 Å². The molecule has 1 fully saturated rings. The smallest absolute Gasteiger partial charge is 0.0770 e. The lowest BCUT2D eigenvalue weighted by atomic mass is 9.73. The molecule has 0 aromatic heterocycles. The van der Waals surface area contributed by atoms with E-state index < -0.39 is 5.60 Å². The zero-order valence-corrected chi connectivity index (χ0v) is 8.38. The molecule has 0 aliphatic heterocycles. The summed E-state index contributed by atoms with van der Waals surface area (Å²) in [5.74, 6) is 1.41. The second-order valence-electron chi connectivity index (χ2n) is 4.74. The Labute approximate surface area is 75.2 Å². The first-order valence-corrected chi connectivity index (χ1v) is 4.91. The fourth-order valence-electron chi connectivity index (χ4n) is 1.97. The summed E-state index contributed by atoms with van der Waals surface area (Å²) in [5, 5.41) is 9.82. The molecule has 0 heterocycles. The Hall–Kier alpha value is -0.0800. The summed E-state index contributed by atoms with van der Waals surface area (Å²) in [7, 11) is 0. The molecule has 0 amide bonds. The van der Waals surface area contributed by atoms with Gasteiger partial charge < -0.3 is 10.8 Å². The first-order valence-electron chi connectivity index (χ1n) is 4.91. The SMILES string of the molecule is CC(C)C1CCC(C)(O)C(N)C1. The van der Waals surface area contributed by atoms with E-state index in [0.717, 1.165) is 19.3 Å². The summed E-state index contributed by atoms with van der Waals surface area (Å²) in [6, 6.07) is -0.0290. The highest BCUT2D eigenvalue weighted by atomic mass is 16.3. The minimum Gasteiger partial charge on any atom is -0.389 e. The molecule has 3 atom stereocenters. The van der Waals surface area contributed by atoms with E-state index in [9.17, 15) is 5.11 Å². The monoisotopic (exact) mass is 171 g/mol. The molecular weight excluding hydrogens is 150 g/mol. The molecule has 1 rings (SSSR count). The van der Waals surface area contributed by atoms with Crippen molar-refractivity contribution in [2.75, 3.05) is 0 Å². The van der Waals surface area contributed by atoms with E-state index in [-0.39, 0.29) is 6.04 Å². The first-order chi connectivity index (χ1) is 5.43. The molecule has 3 unspecified atom stereocenters. The van der Waals surface area contributed by atoms with Gasteiger partial charge in [0.1, 0.15) is 0 Å². The fourth-order valence-corrected chi connectivity index (χ4v) is 1.97. The van der Waals surface area contributed by atoms with Crippen LogP contribution in [0.4, 0.5) is 0 Å². The van der Waals surface area contributed by atoms with Crippen LogP contribution < -0.4 is 5.73 Å². The minimum absolute atomic E-state index is 0.0290. The van der Waals surface area contributed by atoms with Crippen LogP contribution in [0.1, 0.15) is 40.0 Å². The maximum absolute atomic E-state index is 9.82.